The monoisotopic (exact) mass is 257 g/mol. The van der Waals surface area contributed by atoms with Crippen molar-refractivity contribution in [2.24, 2.45) is 5.73 Å². The van der Waals surface area contributed by atoms with Gasteiger partial charge in [0.25, 0.3) is 0 Å². The van der Waals surface area contributed by atoms with Gasteiger partial charge in [0, 0.05) is 5.54 Å². The van der Waals surface area contributed by atoms with Crippen LogP contribution in [0.15, 0.2) is 18.2 Å². The number of halogens is 1. The maximum atomic E-state index is 13.1. The molecule has 94 valence electrons. The first-order chi connectivity index (χ1) is 7.80. The number of hydrogen-bond donors (Lipinski definition) is 1. The van der Waals surface area contributed by atoms with E-state index in [2.05, 4.69) is 0 Å². The highest BCUT2D eigenvalue weighted by Crippen LogP contribution is 2.26. The van der Waals surface area contributed by atoms with E-state index in [0.717, 1.165) is 11.1 Å². The average Bonchev–Trinajstić information content (AvgIpc) is 2.47. The van der Waals surface area contributed by atoms with Crippen LogP contribution in [0.25, 0.3) is 0 Å². The molecule has 2 rings (SSSR count). The first-order valence-electron chi connectivity index (χ1n) is 5.54. The SMILES string of the molecule is Cc1ccc(F)cc1CC1(N)CCS(=O)(=O)C1. The van der Waals surface area contributed by atoms with Crippen molar-refractivity contribution in [2.75, 3.05) is 11.5 Å². The highest BCUT2D eigenvalue weighted by atomic mass is 32.2. The van der Waals surface area contributed by atoms with Gasteiger partial charge in [0.15, 0.2) is 9.84 Å². The zero-order valence-electron chi connectivity index (χ0n) is 9.74. The predicted molar refractivity (Wildman–Crippen MR) is 65.0 cm³/mol. The second-order valence-corrected chi connectivity index (χ2v) is 7.14. The first-order valence-corrected chi connectivity index (χ1v) is 7.36. The van der Waals surface area contributed by atoms with Crippen molar-refractivity contribution in [1.82, 2.24) is 0 Å². The smallest absolute Gasteiger partial charge is 0.152 e. The topological polar surface area (TPSA) is 60.2 Å². The summed E-state index contributed by atoms with van der Waals surface area (Å²) in [5.74, 6) is -0.177. The Bertz CT molecular complexity index is 541. The second-order valence-electron chi connectivity index (χ2n) is 4.95. The van der Waals surface area contributed by atoms with Crippen LogP contribution in [0.4, 0.5) is 4.39 Å². The molecule has 3 nitrogen and oxygen atoms in total. The van der Waals surface area contributed by atoms with E-state index in [1.54, 1.807) is 6.07 Å². The van der Waals surface area contributed by atoms with Crippen LogP contribution >= 0.6 is 0 Å². The Morgan fingerprint density at radius 2 is 2.18 bits per heavy atom. The molecule has 1 fully saturated rings. The third-order valence-corrected chi connectivity index (χ3v) is 5.11. The lowest BCUT2D eigenvalue weighted by Gasteiger charge is -2.23. The second kappa shape index (κ2) is 4.07. The van der Waals surface area contributed by atoms with Gasteiger partial charge in [-0.15, -0.1) is 0 Å². The summed E-state index contributed by atoms with van der Waals surface area (Å²) >= 11 is 0. The van der Waals surface area contributed by atoms with E-state index in [4.69, 9.17) is 5.73 Å². The zero-order valence-corrected chi connectivity index (χ0v) is 10.6. The quantitative estimate of drug-likeness (QED) is 0.866. The Labute approximate surface area is 101 Å². The molecule has 1 aromatic carbocycles. The fourth-order valence-corrected chi connectivity index (χ4v) is 4.27. The van der Waals surface area contributed by atoms with E-state index in [1.165, 1.54) is 12.1 Å². The largest absolute Gasteiger partial charge is 0.324 e. The summed E-state index contributed by atoms with van der Waals surface area (Å²) in [5.41, 5.74) is 7.09. The molecule has 0 bridgehead atoms. The van der Waals surface area contributed by atoms with Crippen LogP contribution in [0.3, 0.4) is 0 Å². The van der Waals surface area contributed by atoms with Crippen molar-refractivity contribution in [3.8, 4) is 0 Å². The maximum absolute atomic E-state index is 13.1. The molecule has 1 unspecified atom stereocenters. The van der Waals surface area contributed by atoms with Crippen LogP contribution in [0.1, 0.15) is 17.5 Å². The molecule has 0 amide bonds. The Hall–Kier alpha value is -0.940. The standard InChI is InChI=1S/C12H16FNO2S/c1-9-2-3-11(13)6-10(9)7-12(14)4-5-17(15,16)8-12/h2-3,6H,4-5,7-8,14H2,1H3. The average molecular weight is 257 g/mol. The van der Waals surface area contributed by atoms with Crippen LogP contribution in [-0.2, 0) is 16.3 Å². The van der Waals surface area contributed by atoms with Crippen molar-refractivity contribution < 1.29 is 12.8 Å². The maximum Gasteiger partial charge on any atom is 0.152 e. The van der Waals surface area contributed by atoms with E-state index < -0.39 is 15.4 Å². The molecule has 5 heteroatoms. The number of rotatable bonds is 2. The molecule has 0 aliphatic carbocycles. The zero-order chi connectivity index (χ0) is 12.7. The minimum absolute atomic E-state index is 0.00401. The van der Waals surface area contributed by atoms with Crippen LogP contribution in [0.5, 0.6) is 0 Å². The Morgan fingerprint density at radius 1 is 1.47 bits per heavy atom. The van der Waals surface area contributed by atoms with Gasteiger partial charge in [-0.1, -0.05) is 6.07 Å². The molecular weight excluding hydrogens is 241 g/mol. The molecule has 0 saturated carbocycles. The summed E-state index contributed by atoms with van der Waals surface area (Å²) in [6.07, 6.45) is 0.862. The van der Waals surface area contributed by atoms with E-state index >= 15 is 0 Å². The van der Waals surface area contributed by atoms with Crippen LogP contribution in [-0.4, -0.2) is 25.5 Å². The summed E-state index contributed by atoms with van der Waals surface area (Å²) in [6.45, 7) is 1.88. The van der Waals surface area contributed by atoms with Crippen LogP contribution < -0.4 is 5.73 Å². The van der Waals surface area contributed by atoms with Gasteiger partial charge in [-0.25, -0.2) is 12.8 Å². The lowest BCUT2D eigenvalue weighted by atomic mass is 9.89. The summed E-state index contributed by atoms with van der Waals surface area (Å²) < 4.78 is 36.0. The Morgan fingerprint density at radius 3 is 2.76 bits per heavy atom. The molecule has 17 heavy (non-hydrogen) atoms. The highest BCUT2D eigenvalue weighted by molar-refractivity contribution is 7.91. The summed E-state index contributed by atoms with van der Waals surface area (Å²) in [6, 6.07) is 4.53. The lowest BCUT2D eigenvalue weighted by Crippen LogP contribution is -2.43. The van der Waals surface area contributed by atoms with Crippen molar-refractivity contribution in [3.63, 3.8) is 0 Å². The highest BCUT2D eigenvalue weighted by Gasteiger charge is 2.39. The van der Waals surface area contributed by atoms with Crippen LogP contribution in [0.2, 0.25) is 0 Å². The molecule has 1 atom stereocenters. The van der Waals surface area contributed by atoms with E-state index in [9.17, 15) is 12.8 Å². The lowest BCUT2D eigenvalue weighted by molar-refractivity contribution is 0.474. The van der Waals surface area contributed by atoms with E-state index in [-0.39, 0.29) is 17.3 Å². The molecular formula is C12H16FNO2S. The molecule has 1 heterocycles. The third-order valence-electron chi connectivity index (χ3n) is 3.27. The van der Waals surface area contributed by atoms with Gasteiger partial charge in [-0.05, 0) is 43.0 Å². The molecule has 0 spiro atoms. The van der Waals surface area contributed by atoms with Gasteiger partial charge in [0.2, 0.25) is 0 Å². The van der Waals surface area contributed by atoms with Crippen molar-refractivity contribution in [1.29, 1.82) is 0 Å². The third kappa shape index (κ3) is 2.84. The van der Waals surface area contributed by atoms with Gasteiger partial charge in [-0.3, -0.25) is 0 Å². The Balaban J connectivity index is 2.24. The molecule has 0 aromatic heterocycles. The molecule has 1 saturated heterocycles. The summed E-state index contributed by atoms with van der Waals surface area (Å²) in [4.78, 5) is 0. The fraction of sp³-hybridized carbons (Fsp3) is 0.500. The van der Waals surface area contributed by atoms with Crippen LogP contribution in [0, 0.1) is 12.7 Å². The van der Waals surface area contributed by atoms with E-state index in [0.29, 0.717) is 12.8 Å². The molecule has 1 aliphatic rings. The minimum atomic E-state index is -3.02. The molecule has 1 aromatic rings. The number of hydrogen-bond acceptors (Lipinski definition) is 3. The van der Waals surface area contributed by atoms with Crippen molar-refractivity contribution >= 4 is 9.84 Å². The number of nitrogens with two attached hydrogens (primary N) is 1. The minimum Gasteiger partial charge on any atom is -0.324 e. The first kappa shape index (κ1) is 12.5. The van der Waals surface area contributed by atoms with Gasteiger partial charge in [-0.2, -0.15) is 0 Å². The summed E-state index contributed by atoms with van der Waals surface area (Å²) in [5, 5.41) is 0. The van der Waals surface area contributed by atoms with Crippen molar-refractivity contribution in [3.05, 3.63) is 35.1 Å². The molecule has 0 radical (unpaired) electrons. The Kier molecular flexibility index (Phi) is 2.99. The summed E-state index contributed by atoms with van der Waals surface area (Å²) in [7, 11) is -3.02. The van der Waals surface area contributed by atoms with Crippen molar-refractivity contribution in [2.45, 2.75) is 25.3 Å². The number of aryl methyl sites for hydroxylation is 1. The number of sulfone groups is 1. The number of benzene rings is 1. The normalized spacial score (nSPS) is 27.2. The predicted octanol–water partition coefficient (Wildman–Crippen LogP) is 1.19. The van der Waals surface area contributed by atoms with E-state index in [1.807, 2.05) is 6.92 Å². The van der Waals surface area contributed by atoms with Gasteiger partial charge < -0.3 is 5.73 Å². The van der Waals surface area contributed by atoms with Gasteiger partial charge in [0.05, 0.1) is 11.5 Å². The molecule has 2 N–H and O–H groups in total. The fourth-order valence-electron chi connectivity index (χ4n) is 2.29. The van der Waals surface area contributed by atoms with Gasteiger partial charge in [0.1, 0.15) is 5.82 Å². The molecule has 1 aliphatic heterocycles. The van der Waals surface area contributed by atoms with Gasteiger partial charge >= 0.3 is 0 Å².